The molecule has 170 valence electrons. The fraction of sp³-hybridized carbons (Fsp3) is 0.200. The van der Waals surface area contributed by atoms with Gasteiger partial charge in [0.25, 0.3) is 0 Å². The Bertz CT molecular complexity index is 1170. The molecule has 3 aromatic rings. The monoisotopic (exact) mass is 619 g/mol. The Morgan fingerprint density at radius 3 is 2.18 bits per heavy atom. The van der Waals surface area contributed by atoms with Crippen molar-refractivity contribution in [1.82, 2.24) is 9.91 Å². The van der Waals surface area contributed by atoms with Crippen molar-refractivity contribution in [2.24, 2.45) is 10.4 Å². The maximum absolute atomic E-state index is 6.10. The molecule has 5 rings (SSSR count). The number of hydrogen-bond donors (Lipinski definition) is 0. The average Bonchev–Trinajstić information content (AvgIpc) is 3.23. The van der Waals surface area contributed by atoms with Crippen molar-refractivity contribution < 1.29 is 25.8 Å². The first-order valence-corrected chi connectivity index (χ1v) is 10.4. The topological polar surface area (TPSA) is 46.9 Å². The molecule has 0 fully saturated rings. The van der Waals surface area contributed by atoms with E-state index in [0.717, 1.165) is 17.1 Å². The second kappa shape index (κ2) is 9.16. The van der Waals surface area contributed by atoms with Crippen molar-refractivity contribution in [1.29, 1.82) is 0 Å². The maximum Gasteiger partial charge on any atom is 4.00 e. The predicted molar refractivity (Wildman–Crippen MR) is 124 cm³/mol. The molecule has 2 aliphatic heterocycles. The van der Waals surface area contributed by atoms with Gasteiger partial charge < -0.3 is 24.6 Å². The van der Waals surface area contributed by atoms with Crippen molar-refractivity contribution in [2.75, 3.05) is 24.0 Å². The average molecular weight is 620 g/mol. The van der Waals surface area contributed by atoms with Gasteiger partial charge in [-0.3, -0.25) is 0 Å². The van der Waals surface area contributed by atoms with Crippen molar-refractivity contribution in [3.8, 4) is 11.5 Å². The summed E-state index contributed by atoms with van der Waals surface area (Å²) in [6.07, 6.45) is 0. The number of benzene rings is 3. The van der Waals surface area contributed by atoms with Crippen LogP contribution in [0.25, 0.3) is 0 Å². The molecule has 2 heterocycles. The number of ether oxygens (including phenoxy) is 1. The van der Waals surface area contributed by atoms with Crippen molar-refractivity contribution in [2.45, 2.75) is 19.4 Å². The molecule has 0 N–H and O–H groups in total. The molecule has 0 atom stereocenters. The molecule has 0 aliphatic carbocycles. The van der Waals surface area contributed by atoms with E-state index < -0.39 is 0 Å². The summed E-state index contributed by atoms with van der Waals surface area (Å²) in [6.45, 7) is 8.32. The van der Waals surface area contributed by atoms with Crippen LogP contribution in [0.15, 0.2) is 71.1 Å². The minimum atomic E-state index is -0.103. The zero-order valence-corrected chi connectivity index (χ0v) is 21.1. The molecule has 7 nitrogen and oxygen atoms in total. The molecular formula is C25H24N6OPt. The van der Waals surface area contributed by atoms with Crippen LogP contribution in [-0.4, -0.2) is 24.0 Å². The molecule has 33 heavy (non-hydrogen) atoms. The molecule has 0 unspecified atom stereocenters. The van der Waals surface area contributed by atoms with E-state index in [4.69, 9.17) is 4.74 Å². The zero-order valence-electron chi connectivity index (χ0n) is 18.8. The summed E-state index contributed by atoms with van der Waals surface area (Å²) in [5.41, 5.74) is 3.93. The molecule has 2 aliphatic rings. The smallest absolute Gasteiger partial charge is 0.509 e. The summed E-state index contributed by atoms with van der Waals surface area (Å²) in [4.78, 5) is 4.36. The molecule has 8 heteroatoms. The van der Waals surface area contributed by atoms with Crippen LogP contribution in [-0.2, 0) is 26.6 Å². The van der Waals surface area contributed by atoms with Gasteiger partial charge in [0, 0.05) is 22.7 Å². The van der Waals surface area contributed by atoms with Crippen LogP contribution in [0, 0.1) is 25.5 Å². The number of nitrogens with zero attached hydrogens (tertiary/aromatic N) is 6. The third-order valence-electron chi connectivity index (χ3n) is 5.78. The standard InChI is InChI=1S/C25H24N6O.Pt/c1-25(2)23-13-5-6-14-24(23)30(17-28(25)3)19-9-7-11-21(15-19)32-22-12-8-10-20(16-22)31-18-29(4)26-27-31;/h5-14,17-18H,1-4H3;/q-4;+4. The van der Waals surface area contributed by atoms with Gasteiger partial charge in [-0.2, -0.15) is 18.8 Å². The van der Waals surface area contributed by atoms with Crippen LogP contribution in [0.5, 0.6) is 11.5 Å². The normalized spacial score (nSPS) is 17.0. The summed E-state index contributed by atoms with van der Waals surface area (Å²) in [7, 11) is 3.91. The number of anilines is 3. The molecule has 0 bridgehead atoms. The van der Waals surface area contributed by atoms with Crippen LogP contribution >= 0.6 is 0 Å². The third-order valence-corrected chi connectivity index (χ3v) is 5.78. The SMILES string of the molecule is CN1[CH-]N(c2[c-]c(Oc3[c-]c(N4[CH-]N(C)C(C)(C)c5ccccc54)ccc3)ccc2)N=N1.[Pt+4]. The number of fused-ring (bicyclic) bond motifs is 1. The van der Waals surface area contributed by atoms with Crippen LogP contribution in [0.1, 0.15) is 19.4 Å². The van der Waals surface area contributed by atoms with Gasteiger partial charge in [0.05, 0.1) is 0 Å². The van der Waals surface area contributed by atoms with Crippen LogP contribution in [0.2, 0.25) is 0 Å². The molecule has 0 saturated carbocycles. The molecule has 0 aromatic heterocycles. The first-order chi connectivity index (χ1) is 15.4. The van der Waals surface area contributed by atoms with Crippen molar-refractivity contribution in [3.05, 3.63) is 91.7 Å². The van der Waals surface area contributed by atoms with Gasteiger partial charge in [0.1, 0.15) is 0 Å². The Kier molecular flexibility index (Phi) is 6.46. The van der Waals surface area contributed by atoms with Gasteiger partial charge in [0.15, 0.2) is 0 Å². The molecule has 0 saturated heterocycles. The van der Waals surface area contributed by atoms with E-state index in [9.17, 15) is 0 Å². The number of rotatable bonds is 4. The Balaban J connectivity index is 0.00000259. The summed E-state index contributed by atoms with van der Waals surface area (Å²) >= 11 is 0. The summed E-state index contributed by atoms with van der Waals surface area (Å²) < 4.78 is 6.10. The largest absolute Gasteiger partial charge is 4.00 e. The quantitative estimate of drug-likeness (QED) is 0.353. The molecule has 0 amide bonds. The van der Waals surface area contributed by atoms with Gasteiger partial charge in [0.2, 0.25) is 0 Å². The van der Waals surface area contributed by atoms with E-state index in [1.165, 1.54) is 5.56 Å². The molecular weight excluding hydrogens is 595 g/mol. The number of hydrogen-bond acceptors (Lipinski definition) is 7. The van der Waals surface area contributed by atoms with E-state index in [1.54, 1.807) is 16.7 Å². The van der Waals surface area contributed by atoms with Gasteiger partial charge in [-0.1, -0.05) is 34.3 Å². The summed E-state index contributed by atoms with van der Waals surface area (Å²) in [5, 5.41) is 11.3. The first-order valence-electron chi connectivity index (χ1n) is 10.4. The second-order valence-electron chi connectivity index (χ2n) is 8.29. The van der Waals surface area contributed by atoms with Gasteiger partial charge in [-0.05, 0) is 39.6 Å². The van der Waals surface area contributed by atoms with E-state index in [2.05, 4.69) is 84.2 Å². The zero-order chi connectivity index (χ0) is 22.3. The predicted octanol–water partition coefficient (Wildman–Crippen LogP) is 5.67. The van der Waals surface area contributed by atoms with Gasteiger partial charge in [-0.15, -0.1) is 48.8 Å². The Hall–Kier alpha value is -2.89. The Labute approximate surface area is 209 Å². The molecule has 0 spiro atoms. The summed E-state index contributed by atoms with van der Waals surface area (Å²) in [5.74, 6) is 1.19. The van der Waals surface area contributed by atoms with E-state index in [1.807, 2.05) is 43.4 Å². The first kappa shape index (κ1) is 23.3. The molecule has 0 radical (unpaired) electrons. The Morgan fingerprint density at radius 1 is 0.818 bits per heavy atom. The minimum absolute atomic E-state index is 0. The van der Waals surface area contributed by atoms with Crippen LogP contribution in [0.3, 0.4) is 0 Å². The van der Waals surface area contributed by atoms with Gasteiger partial charge in [-0.25, -0.2) is 0 Å². The van der Waals surface area contributed by atoms with E-state index in [0.29, 0.717) is 11.5 Å². The molecule has 3 aromatic carbocycles. The summed E-state index contributed by atoms with van der Waals surface area (Å²) in [6, 6.07) is 26.6. The number of para-hydroxylation sites is 1. The van der Waals surface area contributed by atoms with E-state index in [-0.39, 0.29) is 26.6 Å². The fourth-order valence-electron chi connectivity index (χ4n) is 3.77. The van der Waals surface area contributed by atoms with Gasteiger partial charge >= 0.3 is 21.1 Å². The van der Waals surface area contributed by atoms with Crippen LogP contribution < -0.4 is 14.6 Å². The Morgan fingerprint density at radius 2 is 1.48 bits per heavy atom. The fourth-order valence-corrected chi connectivity index (χ4v) is 3.77. The maximum atomic E-state index is 6.10. The minimum Gasteiger partial charge on any atom is -0.509 e. The van der Waals surface area contributed by atoms with Crippen molar-refractivity contribution >= 4 is 17.1 Å². The van der Waals surface area contributed by atoms with Crippen molar-refractivity contribution in [3.63, 3.8) is 0 Å². The second-order valence-corrected chi connectivity index (χ2v) is 8.29. The van der Waals surface area contributed by atoms with E-state index >= 15 is 0 Å². The third kappa shape index (κ3) is 4.48. The van der Waals surface area contributed by atoms with Crippen LogP contribution in [0.4, 0.5) is 17.1 Å².